The molecule has 1 amide bonds. The summed E-state index contributed by atoms with van der Waals surface area (Å²) in [6.07, 6.45) is -0.805. The highest BCUT2D eigenvalue weighted by Gasteiger charge is 2.38. The molecule has 0 saturated carbocycles. The molecule has 2 atom stereocenters. The van der Waals surface area contributed by atoms with Crippen LogP contribution in [0.3, 0.4) is 0 Å². The van der Waals surface area contributed by atoms with Gasteiger partial charge in [0.25, 0.3) is 5.91 Å². The van der Waals surface area contributed by atoms with Crippen LogP contribution in [0.25, 0.3) is 0 Å². The van der Waals surface area contributed by atoms with Gasteiger partial charge in [0.15, 0.2) is 0 Å². The second-order valence-corrected chi connectivity index (χ2v) is 7.09. The first kappa shape index (κ1) is 20.8. The van der Waals surface area contributed by atoms with Gasteiger partial charge in [-0.05, 0) is 43.7 Å². The molecule has 6 nitrogen and oxygen atoms in total. The molecule has 3 rings (SSSR count). The maximum Gasteiger partial charge on any atom is 0.340 e. The van der Waals surface area contributed by atoms with Crippen molar-refractivity contribution < 1.29 is 28.2 Å². The van der Waals surface area contributed by atoms with E-state index in [0.717, 1.165) is 17.2 Å². The van der Waals surface area contributed by atoms with Crippen molar-refractivity contribution in [2.75, 3.05) is 27.3 Å². The van der Waals surface area contributed by atoms with Crippen LogP contribution in [0.15, 0.2) is 36.4 Å². The predicted octanol–water partition coefficient (Wildman–Crippen LogP) is 3.15. The summed E-state index contributed by atoms with van der Waals surface area (Å²) in [7, 11) is 2.74. The summed E-state index contributed by atoms with van der Waals surface area (Å²) in [5.74, 6) is -1.26. The summed E-state index contributed by atoms with van der Waals surface area (Å²) in [6, 6.07) is 9.64. The summed E-state index contributed by atoms with van der Waals surface area (Å²) in [6.45, 7) is 4.53. The molecule has 1 saturated heterocycles. The van der Waals surface area contributed by atoms with E-state index >= 15 is 0 Å². The van der Waals surface area contributed by atoms with Crippen molar-refractivity contribution in [1.29, 1.82) is 0 Å². The Labute approximate surface area is 169 Å². The average Bonchev–Trinajstić information content (AvgIpc) is 3.12. The van der Waals surface area contributed by atoms with Crippen LogP contribution in [0.2, 0.25) is 0 Å². The lowest BCUT2D eigenvalue weighted by molar-refractivity contribution is 0.0338. The zero-order valence-corrected chi connectivity index (χ0v) is 16.9. The molecule has 2 aromatic carbocycles. The normalized spacial score (nSPS) is 18.6. The van der Waals surface area contributed by atoms with Crippen LogP contribution in [0, 0.1) is 19.7 Å². The smallest absolute Gasteiger partial charge is 0.340 e. The Kier molecular flexibility index (Phi) is 6.17. The molecule has 1 aliphatic rings. The van der Waals surface area contributed by atoms with Gasteiger partial charge in [-0.1, -0.05) is 17.7 Å². The van der Waals surface area contributed by atoms with Crippen LogP contribution in [0.1, 0.15) is 31.8 Å². The third-order valence-corrected chi connectivity index (χ3v) is 5.06. The Balaban J connectivity index is 1.78. The average molecular weight is 401 g/mol. The quantitative estimate of drug-likeness (QED) is 0.720. The second kappa shape index (κ2) is 8.61. The number of carbonyl (C=O) groups is 2. The van der Waals surface area contributed by atoms with Crippen molar-refractivity contribution in [1.82, 2.24) is 4.90 Å². The molecule has 1 fully saturated rings. The number of amides is 1. The fourth-order valence-electron chi connectivity index (χ4n) is 3.40. The minimum absolute atomic E-state index is 0.0892. The number of carbonyl (C=O) groups excluding carboxylic acids is 2. The fourth-order valence-corrected chi connectivity index (χ4v) is 3.40. The van der Waals surface area contributed by atoms with Gasteiger partial charge in [0.05, 0.1) is 25.8 Å². The van der Waals surface area contributed by atoms with E-state index in [0.29, 0.717) is 24.4 Å². The maximum absolute atomic E-state index is 13.9. The van der Waals surface area contributed by atoms with Crippen molar-refractivity contribution >= 4 is 11.9 Å². The summed E-state index contributed by atoms with van der Waals surface area (Å²) in [5.41, 5.74) is 2.35. The molecule has 0 unspecified atom stereocenters. The standard InChI is InChI=1S/C22H24FNO5/c1-13-5-6-14(2)16(9-13)21(25)24-11-19(27-3)20(12-24)29-15-7-8-18(23)17(10-15)22(26)28-4/h5-10,19-20H,11-12H2,1-4H3/t19-,20-/m1/s1. The van der Waals surface area contributed by atoms with E-state index in [1.165, 1.54) is 19.2 Å². The third kappa shape index (κ3) is 4.40. The largest absolute Gasteiger partial charge is 0.486 e. The van der Waals surface area contributed by atoms with Crippen molar-refractivity contribution in [2.24, 2.45) is 0 Å². The Bertz CT molecular complexity index is 929. The lowest BCUT2D eigenvalue weighted by atomic mass is 10.0. The van der Waals surface area contributed by atoms with Crippen molar-refractivity contribution in [2.45, 2.75) is 26.1 Å². The van der Waals surface area contributed by atoms with Gasteiger partial charge >= 0.3 is 5.97 Å². The van der Waals surface area contributed by atoms with E-state index < -0.39 is 17.9 Å². The Morgan fingerprint density at radius 2 is 1.72 bits per heavy atom. The molecule has 0 spiro atoms. The van der Waals surface area contributed by atoms with Crippen molar-refractivity contribution in [3.8, 4) is 5.75 Å². The number of nitrogens with zero attached hydrogens (tertiary/aromatic N) is 1. The number of likely N-dealkylation sites (tertiary alicyclic amines) is 1. The number of rotatable bonds is 5. The topological polar surface area (TPSA) is 65.1 Å². The highest BCUT2D eigenvalue weighted by molar-refractivity contribution is 5.96. The van der Waals surface area contributed by atoms with E-state index in [4.69, 9.17) is 9.47 Å². The van der Waals surface area contributed by atoms with E-state index in [1.807, 2.05) is 32.0 Å². The summed E-state index contributed by atoms with van der Waals surface area (Å²) in [5, 5.41) is 0. The summed E-state index contributed by atoms with van der Waals surface area (Å²) >= 11 is 0. The zero-order valence-electron chi connectivity index (χ0n) is 16.9. The number of hydrogen-bond acceptors (Lipinski definition) is 5. The minimum atomic E-state index is -0.783. The number of halogens is 1. The minimum Gasteiger partial charge on any atom is -0.486 e. The van der Waals surface area contributed by atoms with E-state index in [2.05, 4.69) is 4.74 Å². The van der Waals surface area contributed by atoms with Crippen LogP contribution in [-0.2, 0) is 9.47 Å². The molecular formula is C22H24FNO5. The molecule has 29 heavy (non-hydrogen) atoms. The number of benzene rings is 2. The molecule has 0 radical (unpaired) electrons. The van der Waals surface area contributed by atoms with Crippen molar-refractivity contribution in [3.63, 3.8) is 0 Å². The highest BCUT2D eigenvalue weighted by Crippen LogP contribution is 2.25. The molecule has 7 heteroatoms. The molecule has 1 heterocycles. The van der Waals surface area contributed by atoms with Crippen LogP contribution >= 0.6 is 0 Å². The molecule has 0 aliphatic carbocycles. The lowest BCUT2D eigenvalue weighted by Gasteiger charge is -2.19. The number of methoxy groups -OCH3 is 2. The Morgan fingerprint density at radius 3 is 2.41 bits per heavy atom. The van der Waals surface area contributed by atoms with Gasteiger partial charge < -0.3 is 19.1 Å². The third-order valence-electron chi connectivity index (χ3n) is 5.06. The summed E-state index contributed by atoms with van der Waals surface area (Å²) < 4.78 is 29.9. The van der Waals surface area contributed by atoms with E-state index in [-0.39, 0.29) is 17.6 Å². The molecule has 1 aliphatic heterocycles. The highest BCUT2D eigenvalue weighted by atomic mass is 19.1. The van der Waals surface area contributed by atoms with Gasteiger partial charge in [-0.15, -0.1) is 0 Å². The molecular weight excluding hydrogens is 377 g/mol. The van der Waals surface area contributed by atoms with Crippen molar-refractivity contribution in [3.05, 3.63) is 64.5 Å². The number of esters is 1. The Hall–Kier alpha value is -2.93. The lowest BCUT2D eigenvalue weighted by Crippen LogP contribution is -2.32. The molecule has 0 aromatic heterocycles. The first-order valence-corrected chi connectivity index (χ1v) is 9.28. The zero-order chi connectivity index (χ0) is 21.1. The monoisotopic (exact) mass is 401 g/mol. The van der Waals surface area contributed by atoms with E-state index in [1.54, 1.807) is 12.0 Å². The van der Waals surface area contributed by atoms with E-state index in [9.17, 15) is 14.0 Å². The van der Waals surface area contributed by atoms with Gasteiger partial charge in [-0.25, -0.2) is 9.18 Å². The van der Waals surface area contributed by atoms with Gasteiger partial charge in [0, 0.05) is 12.7 Å². The number of ether oxygens (including phenoxy) is 3. The molecule has 0 bridgehead atoms. The SMILES string of the molecule is COC(=O)c1cc(O[C@@H]2CN(C(=O)c3cc(C)ccc3C)C[C@H]2OC)ccc1F. The van der Waals surface area contributed by atoms with Crippen LogP contribution in [0.5, 0.6) is 5.75 Å². The van der Waals surface area contributed by atoms with Crippen LogP contribution < -0.4 is 4.74 Å². The van der Waals surface area contributed by atoms with Gasteiger partial charge in [0.2, 0.25) is 0 Å². The molecule has 2 aromatic rings. The Morgan fingerprint density at radius 1 is 1.00 bits per heavy atom. The fraction of sp³-hybridized carbons (Fsp3) is 0.364. The first-order chi connectivity index (χ1) is 13.8. The maximum atomic E-state index is 13.9. The second-order valence-electron chi connectivity index (χ2n) is 7.09. The van der Waals surface area contributed by atoms with Gasteiger partial charge in [-0.3, -0.25) is 4.79 Å². The van der Waals surface area contributed by atoms with Gasteiger partial charge in [0.1, 0.15) is 23.8 Å². The molecule has 154 valence electrons. The first-order valence-electron chi connectivity index (χ1n) is 9.28. The number of hydrogen-bond donors (Lipinski definition) is 0. The van der Waals surface area contributed by atoms with Gasteiger partial charge in [-0.2, -0.15) is 0 Å². The summed E-state index contributed by atoms with van der Waals surface area (Å²) in [4.78, 5) is 26.4. The predicted molar refractivity (Wildman–Crippen MR) is 105 cm³/mol. The van der Waals surface area contributed by atoms with Crippen LogP contribution in [0.4, 0.5) is 4.39 Å². The molecule has 0 N–H and O–H groups in total. The number of aryl methyl sites for hydroxylation is 2. The van der Waals surface area contributed by atoms with Crippen LogP contribution in [-0.4, -0.2) is 56.3 Å².